The number of hydrogen-bond acceptors (Lipinski definition) is 3. The van der Waals surface area contributed by atoms with Crippen molar-refractivity contribution in [1.82, 2.24) is 20.0 Å². The number of benzene rings is 1. The van der Waals surface area contributed by atoms with Gasteiger partial charge in [-0.25, -0.2) is 4.39 Å². The first kappa shape index (κ1) is 20.6. The van der Waals surface area contributed by atoms with Crippen LogP contribution in [0.15, 0.2) is 36.7 Å². The molecule has 2 aliphatic rings. The normalized spacial score (nSPS) is 26.2. The molecule has 1 N–H and O–H groups in total. The summed E-state index contributed by atoms with van der Waals surface area (Å²) < 4.78 is 14.9. The first-order valence-electron chi connectivity index (χ1n) is 10.5. The lowest BCUT2D eigenvalue weighted by molar-refractivity contribution is -0.133. The zero-order chi connectivity index (χ0) is 21.6. The van der Waals surface area contributed by atoms with Gasteiger partial charge < -0.3 is 10.2 Å². The fourth-order valence-corrected chi connectivity index (χ4v) is 4.72. The second-order valence-corrected chi connectivity index (χ2v) is 9.54. The predicted molar refractivity (Wildman–Crippen MR) is 111 cm³/mol. The van der Waals surface area contributed by atoms with E-state index in [2.05, 4.69) is 10.4 Å². The van der Waals surface area contributed by atoms with Crippen LogP contribution in [0.3, 0.4) is 0 Å². The Morgan fingerprint density at radius 2 is 1.93 bits per heavy atom. The summed E-state index contributed by atoms with van der Waals surface area (Å²) in [6, 6.07) is 6.27. The number of amides is 2. The van der Waals surface area contributed by atoms with Crippen molar-refractivity contribution in [3.8, 4) is 0 Å². The highest BCUT2D eigenvalue weighted by molar-refractivity contribution is 5.83. The molecule has 7 heteroatoms. The molecule has 6 nitrogen and oxygen atoms in total. The Balaban J connectivity index is 1.43. The van der Waals surface area contributed by atoms with Crippen molar-refractivity contribution in [1.29, 1.82) is 0 Å². The largest absolute Gasteiger partial charge is 0.355 e. The van der Waals surface area contributed by atoms with Crippen molar-refractivity contribution >= 4 is 11.8 Å². The molecule has 2 aromatic rings. The Morgan fingerprint density at radius 3 is 2.53 bits per heavy atom. The Morgan fingerprint density at radius 1 is 1.23 bits per heavy atom. The number of carbonyl (C=O) groups is 2. The maximum Gasteiger partial charge on any atom is 0.223 e. The first-order chi connectivity index (χ1) is 14.1. The lowest BCUT2D eigenvalue weighted by atomic mass is 9.93. The quantitative estimate of drug-likeness (QED) is 0.820. The lowest BCUT2D eigenvalue weighted by Gasteiger charge is -2.38. The molecular weight excluding hydrogens is 383 g/mol. The van der Waals surface area contributed by atoms with E-state index >= 15 is 0 Å². The Hall–Kier alpha value is -2.70. The van der Waals surface area contributed by atoms with Crippen molar-refractivity contribution in [2.75, 3.05) is 6.54 Å². The molecule has 1 aliphatic heterocycles. The van der Waals surface area contributed by atoms with Crippen molar-refractivity contribution in [2.24, 2.45) is 18.9 Å². The van der Waals surface area contributed by atoms with Gasteiger partial charge >= 0.3 is 0 Å². The molecule has 0 bridgehead atoms. The maximum absolute atomic E-state index is 13.1. The van der Waals surface area contributed by atoms with Crippen LogP contribution in [0.5, 0.6) is 0 Å². The third-order valence-corrected chi connectivity index (χ3v) is 6.18. The summed E-state index contributed by atoms with van der Waals surface area (Å²) in [7, 11) is 1.86. The van der Waals surface area contributed by atoms with Gasteiger partial charge in [-0.15, -0.1) is 0 Å². The van der Waals surface area contributed by atoms with Gasteiger partial charge in [0.15, 0.2) is 0 Å². The van der Waals surface area contributed by atoms with E-state index in [0.29, 0.717) is 13.0 Å². The number of carbonyl (C=O) groups excluding carboxylic acids is 2. The number of rotatable bonds is 5. The minimum absolute atomic E-state index is 0.00658. The van der Waals surface area contributed by atoms with Crippen molar-refractivity contribution in [3.05, 3.63) is 53.6 Å². The van der Waals surface area contributed by atoms with Gasteiger partial charge in [0.25, 0.3) is 0 Å². The van der Waals surface area contributed by atoms with Gasteiger partial charge in [-0.05, 0) is 50.8 Å². The third kappa shape index (κ3) is 3.98. The van der Waals surface area contributed by atoms with Gasteiger partial charge in [-0.1, -0.05) is 12.1 Å². The van der Waals surface area contributed by atoms with Gasteiger partial charge in [-0.2, -0.15) is 5.10 Å². The number of nitrogens with one attached hydrogen (secondary N) is 1. The molecule has 1 saturated heterocycles. The molecule has 0 spiro atoms. The van der Waals surface area contributed by atoms with Crippen molar-refractivity contribution in [2.45, 2.75) is 51.1 Å². The molecular formula is C23H29FN4O2. The highest BCUT2D eigenvalue weighted by Crippen LogP contribution is 2.48. The molecule has 1 aromatic carbocycles. The van der Waals surface area contributed by atoms with Crippen LogP contribution < -0.4 is 5.32 Å². The molecule has 2 heterocycles. The summed E-state index contributed by atoms with van der Waals surface area (Å²) in [6.07, 6.45) is 4.94. The van der Waals surface area contributed by atoms with Crippen molar-refractivity contribution in [3.63, 3.8) is 0 Å². The molecule has 1 saturated carbocycles. The number of aromatic nitrogens is 2. The molecule has 2 amide bonds. The van der Waals surface area contributed by atoms with E-state index in [0.717, 1.165) is 17.5 Å². The van der Waals surface area contributed by atoms with Gasteiger partial charge in [0, 0.05) is 49.1 Å². The Labute approximate surface area is 176 Å². The minimum Gasteiger partial charge on any atom is -0.355 e. The topological polar surface area (TPSA) is 67.2 Å². The van der Waals surface area contributed by atoms with E-state index in [-0.39, 0.29) is 47.0 Å². The maximum atomic E-state index is 13.1. The number of hydrogen-bond donors (Lipinski definition) is 1. The molecule has 4 rings (SSSR count). The van der Waals surface area contributed by atoms with Crippen LogP contribution in [0, 0.1) is 17.7 Å². The SMILES string of the molecule is Cn1cc([C@H]2[C@H](CNC(=O)[C@@H]3C[C@H]3c3ccc(F)cc3)CC(=O)N2C(C)(C)C)cn1. The molecule has 160 valence electrons. The molecule has 1 aromatic heterocycles. The molecule has 0 unspecified atom stereocenters. The number of likely N-dealkylation sites (tertiary alicyclic amines) is 1. The van der Waals surface area contributed by atoms with Crippen LogP contribution in [0.1, 0.15) is 56.7 Å². The van der Waals surface area contributed by atoms with E-state index < -0.39 is 0 Å². The van der Waals surface area contributed by atoms with E-state index in [9.17, 15) is 14.0 Å². The minimum atomic E-state index is -0.319. The Bertz CT molecular complexity index is 947. The lowest BCUT2D eigenvalue weighted by Crippen LogP contribution is -2.44. The second-order valence-electron chi connectivity index (χ2n) is 9.54. The van der Waals surface area contributed by atoms with E-state index in [1.165, 1.54) is 12.1 Å². The van der Waals surface area contributed by atoms with E-state index in [1.807, 2.05) is 45.1 Å². The molecule has 1 aliphatic carbocycles. The number of nitrogens with zero attached hydrogens (tertiary/aromatic N) is 3. The second kappa shape index (κ2) is 7.52. The fraction of sp³-hybridized carbons (Fsp3) is 0.522. The van der Waals surface area contributed by atoms with Crippen LogP contribution in [-0.2, 0) is 16.6 Å². The molecule has 30 heavy (non-hydrogen) atoms. The summed E-state index contributed by atoms with van der Waals surface area (Å²) in [5.74, 6) is -0.0923. The molecule has 4 atom stereocenters. The summed E-state index contributed by atoms with van der Waals surface area (Å²) in [5, 5.41) is 7.36. The first-order valence-corrected chi connectivity index (χ1v) is 10.5. The van der Waals surface area contributed by atoms with Crippen LogP contribution in [-0.4, -0.2) is 38.6 Å². The van der Waals surface area contributed by atoms with Crippen LogP contribution in [0.4, 0.5) is 4.39 Å². The summed E-state index contributed by atoms with van der Waals surface area (Å²) in [5.41, 5.74) is 1.67. The summed E-state index contributed by atoms with van der Waals surface area (Å²) in [6.45, 7) is 6.55. The standard InChI is InChI=1S/C23H29FN4O2/c1-23(2,3)28-20(29)9-15(21(28)16-12-26-27(4)13-16)11-25-22(30)19-10-18(19)14-5-7-17(24)8-6-14/h5-8,12-13,15,18-19,21H,9-11H2,1-4H3,(H,25,30)/t15-,18-,19+,21+/m0/s1. The zero-order valence-corrected chi connectivity index (χ0v) is 17.9. The average molecular weight is 413 g/mol. The van der Waals surface area contributed by atoms with Crippen LogP contribution in [0.25, 0.3) is 0 Å². The number of aryl methyl sites for hydroxylation is 1. The van der Waals surface area contributed by atoms with E-state index in [4.69, 9.17) is 0 Å². The highest BCUT2D eigenvalue weighted by Gasteiger charge is 2.47. The van der Waals surface area contributed by atoms with Gasteiger partial charge in [0.05, 0.1) is 12.2 Å². The van der Waals surface area contributed by atoms with Gasteiger partial charge in [0.1, 0.15) is 5.82 Å². The Kier molecular flexibility index (Phi) is 5.16. The smallest absolute Gasteiger partial charge is 0.223 e. The fourth-order valence-electron chi connectivity index (χ4n) is 4.72. The molecule has 2 fully saturated rings. The van der Waals surface area contributed by atoms with Crippen LogP contribution >= 0.6 is 0 Å². The highest BCUT2D eigenvalue weighted by atomic mass is 19.1. The number of halogens is 1. The monoisotopic (exact) mass is 412 g/mol. The van der Waals surface area contributed by atoms with Crippen LogP contribution in [0.2, 0.25) is 0 Å². The molecule has 0 radical (unpaired) electrons. The zero-order valence-electron chi connectivity index (χ0n) is 17.9. The predicted octanol–water partition coefficient (Wildman–Crippen LogP) is 3.17. The average Bonchev–Trinajstić information content (AvgIpc) is 3.23. The summed E-state index contributed by atoms with van der Waals surface area (Å²) in [4.78, 5) is 27.5. The van der Waals surface area contributed by atoms with Crippen molar-refractivity contribution < 1.29 is 14.0 Å². The van der Waals surface area contributed by atoms with Gasteiger partial charge in [-0.3, -0.25) is 14.3 Å². The van der Waals surface area contributed by atoms with Gasteiger partial charge in [0.2, 0.25) is 11.8 Å². The van der Waals surface area contributed by atoms with E-state index in [1.54, 1.807) is 16.8 Å². The summed E-state index contributed by atoms with van der Waals surface area (Å²) >= 11 is 0. The third-order valence-electron chi connectivity index (χ3n) is 6.18.